The van der Waals surface area contributed by atoms with Crippen LogP contribution in [0.15, 0.2) is 30.3 Å². The van der Waals surface area contributed by atoms with Gasteiger partial charge in [-0.05, 0) is 110 Å². The summed E-state index contributed by atoms with van der Waals surface area (Å²) in [5.74, 6) is 5.75. The molecule has 4 aliphatic rings. The molecule has 0 N–H and O–H groups in total. The lowest BCUT2D eigenvalue weighted by Gasteiger charge is -2.62. The van der Waals surface area contributed by atoms with E-state index in [-0.39, 0.29) is 17.5 Å². The topological polar surface area (TPSA) is 26.3 Å². The second-order valence-corrected chi connectivity index (χ2v) is 14.6. The maximum atomic E-state index is 13.1. The number of benzene rings is 1. The lowest BCUT2D eigenvalue weighted by molar-refractivity contribution is -0.191. The molecule has 0 heterocycles. The average Bonchev–Trinajstić information content (AvgIpc) is 3.22. The Morgan fingerprint density at radius 2 is 1.70 bits per heavy atom. The summed E-state index contributed by atoms with van der Waals surface area (Å²) in [6, 6.07) is 10.1. The van der Waals surface area contributed by atoms with Crippen LogP contribution in [-0.2, 0) is 16.0 Å². The van der Waals surface area contributed by atoms with Crippen LogP contribution < -0.4 is 0 Å². The number of esters is 1. The Morgan fingerprint density at radius 1 is 0.919 bits per heavy atom. The highest BCUT2D eigenvalue weighted by molar-refractivity contribution is 5.72. The highest BCUT2D eigenvalue weighted by atomic mass is 16.5. The Kier molecular flexibility index (Phi) is 8.14. The molecule has 2 heteroatoms. The van der Waals surface area contributed by atoms with E-state index < -0.39 is 0 Å². The zero-order valence-electron chi connectivity index (χ0n) is 24.5. The van der Waals surface area contributed by atoms with E-state index in [1.807, 2.05) is 30.3 Å². The Morgan fingerprint density at radius 3 is 2.46 bits per heavy atom. The molecule has 5 rings (SSSR count). The Labute approximate surface area is 227 Å². The maximum absolute atomic E-state index is 13.1. The number of rotatable bonds is 8. The van der Waals surface area contributed by atoms with Crippen molar-refractivity contribution in [2.24, 2.45) is 52.3 Å². The molecule has 9 atom stereocenters. The second-order valence-electron chi connectivity index (χ2n) is 14.6. The molecule has 0 amide bonds. The number of fused-ring (bicyclic) bond motifs is 5. The van der Waals surface area contributed by atoms with Gasteiger partial charge in [0.2, 0.25) is 0 Å². The third kappa shape index (κ3) is 5.17. The van der Waals surface area contributed by atoms with E-state index in [1.54, 1.807) is 0 Å². The SMILES string of the molecule is CC(C)CCC[C@H](C)[C@@H]1CC[C@H]2[C@H]3CC[C@H]4CCCC(OC(=O)Cc5ccccc5)[C@]4(C)[C@H]3CC[C@@]21C. The third-order valence-electron chi connectivity index (χ3n) is 12.3. The lowest BCUT2D eigenvalue weighted by atomic mass is 9.44. The van der Waals surface area contributed by atoms with Gasteiger partial charge in [0.15, 0.2) is 0 Å². The lowest BCUT2D eigenvalue weighted by Crippen LogP contribution is -2.58. The minimum Gasteiger partial charge on any atom is -0.462 e. The van der Waals surface area contributed by atoms with Crippen LogP contribution in [0.1, 0.15) is 117 Å². The molecule has 1 unspecified atom stereocenters. The van der Waals surface area contributed by atoms with Crippen molar-refractivity contribution in [2.75, 3.05) is 0 Å². The van der Waals surface area contributed by atoms with Crippen molar-refractivity contribution < 1.29 is 9.53 Å². The fraction of sp³-hybridized carbons (Fsp3) is 0.800. The summed E-state index contributed by atoms with van der Waals surface area (Å²) in [5, 5.41) is 0. The predicted molar refractivity (Wildman–Crippen MR) is 153 cm³/mol. The van der Waals surface area contributed by atoms with Gasteiger partial charge in [0.05, 0.1) is 6.42 Å². The van der Waals surface area contributed by atoms with Gasteiger partial charge in [-0.1, -0.05) is 84.2 Å². The Bertz CT molecular complexity index is 907. The summed E-state index contributed by atoms with van der Waals surface area (Å²) in [6.45, 7) is 12.6. The largest absolute Gasteiger partial charge is 0.462 e. The molecule has 0 spiro atoms. The van der Waals surface area contributed by atoms with Crippen LogP contribution in [0.2, 0.25) is 0 Å². The average molecular weight is 507 g/mol. The van der Waals surface area contributed by atoms with E-state index in [1.165, 1.54) is 70.6 Å². The van der Waals surface area contributed by atoms with Crippen LogP contribution in [0, 0.1) is 52.3 Å². The fourth-order valence-corrected chi connectivity index (χ4v) is 10.5. The van der Waals surface area contributed by atoms with Crippen molar-refractivity contribution in [1.29, 1.82) is 0 Å². The first-order valence-corrected chi connectivity index (χ1v) is 16.0. The van der Waals surface area contributed by atoms with E-state index >= 15 is 0 Å². The number of ether oxygens (including phenoxy) is 1. The van der Waals surface area contributed by atoms with Gasteiger partial charge in [-0.15, -0.1) is 0 Å². The van der Waals surface area contributed by atoms with Gasteiger partial charge in [-0.3, -0.25) is 4.79 Å². The molecule has 206 valence electrons. The quantitative estimate of drug-likeness (QED) is 0.328. The second kappa shape index (κ2) is 11.1. The van der Waals surface area contributed by atoms with E-state index in [0.29, 0.717) is 11.8 Å². The zero-order chi connectivity index (χ0) is 26.2. The maximum Gasteiger partial charge on any atom is 0.310 e. The van der Waals surface area contributed by atoms with Gasteiger partial charge < -0.3 is 4.74 Å². The van der Waals surface area contributed by atoms with Crippen LogP contribution in [0.3, 0.4) is 0 Å². The summed E-state index contributed by atoms with van der Waals surface area (Å²) in [7, 11) is 0. The number of hydrogen-bond acceptors (Lipinski definition) is 2. The van der Waals surface area contributed by atoms with Gasteiger partial charge in [0.25, 0.3) is 0 Å². The van der Waals surface area contributed by atoms with Gasteiger partial charge in [0, 0.05) is 5.41 Å². The van der Waals surface area contributed by atoms with Gasteiger partial charge >= 0.3 is 5.97 Å². The highest BCUT2D eigenvalue weighted by Crippen LogP contribution is 2.68. The standard InChI is InChI=1S/C35H54O2/c1-24(2)11-9-12-25(3)29-19-20-30-28-18-17-27-15-10-16-32(35(27,5)31(28)21-22-34(29,30)4)37-33(36)23-26-13-7-6-8-14-26/h6-8,13-14,24-25,27-32H,9-12,15-23H2,1-5H3/t25-,27+,28+,29-,30-,31-,32?,34+,35-/m0/s1. The molecule has 0 aromatic heterocycles. The fourth-order valence-electron chi connectivity index (χ4n) is 10.5. The van der Waals surface area contributed by atoms with Crippen molar-refractivity contribution in [3.05, 3.63) is 35.9 Å². The van der Waals surface area contributed by atoms with Crippen molar-refractivity contribution in [1.82, 2.24) is 0 Å². The number of hydrogen-bond donors (Lipinski definition) is 0. The van der Waals surface area contributed by atoms with Crippen LogP contribution in [0.25, 0.3) is 0 Å². The molecule has 4 aliphatic carbocycles. The molecule has 37 heavy (non-hydrogen) atoms. The Hall–Kier alpha value is -1.31. The minimum atomic E-state index is -0.0167. The molecule has 0 radical (unpaired) electrons. The number of carbonyl (C=O) groups is 1. The van der Waals surface area contributed by atoms with Crippen LogP contribution in [0.4, 0.5) is 0 Å². The molecule has 0 aliphatic heterocycles. The summed E-state index contributed by atoms with van der Waals surface area (Å²) in [6.07, 6.45) is 16.7. The summed E-state index contributed by atoms with van der Waals surface area (Å²) in [5.41, 5.74) is 1.76. The van der Waals surface area contributed by atoms with Crippen molar-refractivity contribution >= 4 is 5.97 Å². The van der Waals surface area contributed by atoms with Crippen LogP contribution in [-0.4, -0.2) is 12.1 Å². The highest BCUT2D eigenvalue weighted by Gasteiger charge is 2.62. The Balaban J connectivity index is 1.30. The first-order valence-electron chi connectivity index (χ1n) is 16.0. The summed E-state index contributed by atoms with van der Waals surface area (Å²) in [4.78, 5) is 13.1. The first kappa shape index (κ1) is 27.3. The molecule has 4 fully saturated rings. The van der Waals surface area contributed by atoms with Crippen molar-refractivity contribution in [2.45, 2.75) is 124 Å². The molecule has 4 saturated carbocycles. The van der Waals surface area contributed by atoms with E-state index in [4.69, 9.17) is 4.74 Å². The molecule has 0 saturated heterocycles. The predicted octanol–water partition coefficient (Wildman–Crippen LogP) is 9.26. The zero-order valence-corrected chi connectivity index (χ0v) is 24.5. The van der Waals surface area contributed by atoms with Gasteiger partial charge in [-0.2, -0.15) is 0 Å². The summed E-state index contributed by atoms with van der Waals surface area (Å²) >= 11 is 0. The molecule has 0 bridgehead atoms. The molecule has 1 aromatic rings. The first-order chi connectivity index (χ1) is 17.7. The molecule has 1 aromatic carbocycles. The van der Waals surface area contributed by atoms with E-state index in [9.17, 15) is 4.79 Å². The monoisotopic (exact) mass is 506 g/mol. The molecular weight excluding hydrogens is 452 g/mol. The van der Waals surface area contributed by atoms with Gasteiger partial charge in [0.1, 0.15) is 6.10 Å². The van der Waals surface area contributed by atoms with E-state index in [0.717, 1.165) is 53.4 Å². The van der Waals surface area contributed by atoms with Crippen molar-refractivity contribution in [3.8, 4) is 0 Å². The minimum absolute atomic E-state index is 0.0167. The number of carbonyl (C=O) groups excluding carboxylic acids is 1. The van der Waals surface area contributed by atoms with Crippen LogP contribution in [0.5, 0.6) is 0 Å². The van der Waals surface area contributed by atoms with E-state index in [2.05, 4.69) is 34.6 Å². The normalized spacial score (nSPS) is 39.9. The van der Waals surface area contributed by atoms with Gasteiger partial charge in [-0.25, -0.2) is 0 Å². The summed E-state index contributed by atoms with van der Waals surface area (Å²) < 4.78 is 6.44. The third-order valence-corrected chi connectivity index (χ3v) is 12.3. The molecule has 2 nitrogen and oxygen atoms in total. The smallest absolute Gasteiger partial charge is 0.310 e. The van der Waals surface area contributed by atoms with Crippen molar-refractivity contribution in [3.63, 3.8) is 0 Å². The van der Waals surface area contributed by atoms with Crippen LogP contribution >= 0.6 is 0 Å². The molecular formula is C35H54O2.